The average Bonchev–Trinajstić information content (AvgIpc) is 2.26. The second kappa shape index (κ2) is 6.19. The summed E-state index contributed by atoms with van der Waals surface area (Å²) in [5.41, 5.74) is 2.39. The van der Waals surface area contributed by atoms with Crippen LogP contribution in [0.4, 0.5) is 0 Å². The number of hydrogen-bond acceptors (Lipinski definition) is 1. The summed E-state index contributed by atoms with van der Waals surface area (Å²) in [4.78, 5) is 0. The van der Waals surface area contributed by atoms with Crippen LogP contribution in [0.5, 0.6) is 5.75 Å². The van der Waals surface area contributed by atoms with E-state index in [9.17, 15) is 0 Å². The third-order valence-electron chi connectivity index (χ3n) is 2.17. The molecular weight excluding hydrogens is 275 g/mol. The predicted octanol–water partition coefficient (Wildman–Crippen LogP) is 4.54. The lowest BCUT2D eigenvalue weighted by Crippen LogP contribution is -1.87. The van der Waals surface area contributed by atoms with Gasteiger partial charge in [-0.15, -0.1) is 0 Å². The number of benzene rings is 1. The largest absolute Gasteiger partial charge is 0.495 e. The van der Waals surface area contributed by atoms with Crippen molar-refractivity contribution in [1.29, 1.82) is 0 Å². The highest BCUT2D eigenvalue weighted by atomic mass is 79.9. The third kappa shape index (κ3) is 3.54. The molecule has 0 unspecified atom stereocenters. The fourth-order valence-electron chi connectivity index (χ4n) is 1.29. The zero-order valence-electron chi connectivity index (χ0n) is 8.89. The maximum Gasteiger partial charge on any atom is 0.138 e. The maximum atomic E-state index is 5.95. The predicted molar refractivity (Wildman–Crippen MR) is 70.1 cm³/mol. The number of methoxy groups -OCH3 is 1. The van der Waals surface area contributed by atoms with Crippen LogP contribution >= 0.6 is 27.5 Å². The number of hydrogen-bond donors (Lipinski definition) is 0. The Hall–Kier alpha value is -0.470. The van der Waals surface area contributed by atoms with Crippen molar-refractivity contribution in [2.45, 2.75) is 13.3 Å². The molecule has 15 heavy (non-hydrogen) atoms. The average molecular weight is 290 g/mol. The molecule has 0 radical (unpaired) electrons. The van der Waals surface area contributed by atoms with E-state index < -0.39 is 0 Å². The van der Waals surface area contributed by atoms with E-state index in [1.807, 2.05) is 18.2 Å². The molecule has 0 bridgehead atoms. The molecule has 1 aromatic rings. The van der Waals surface area contributed by atoms with Crippen LogP contribution in [0.25, 0.3) is 5.57 Å². The molecule has 0 spiro atoms. The molecular formula is C12H14BrClO. The lowest BCUT2D eigenvalue weighted by Gasteiger charge is -2.06. The van der Waals surface area contributed by atoms with Crippen LogP contribution < -0.4 is 4.74 Å². The number of ether oxygens (including phenoxy) is 1. The Morgan fingerprint density at radius 2 is 2.27 bits per heavy atom. The van der Waals surface area contributed by atoms with E-state index in [0.29, 0.717) is 5.02 Å². The van der Waals surface area contributed by atoms with Gasteiger partial charge < -0.3 is 4.74 Å². The fraction of sp³-hybridized carbons (Fsp3) is 0.333. The lowest BCUT2D eigenvalue weighted by atomic mass is 10.1. The summed E-state index contributed by atoms with van der Waals surface area (Å²) in [6.07, 6.45) is 3.22. The molecule has 1 aromatic carbocycles. The molecule has 1 rings (SSSR count). The normalized spacial score (nSPS) is 11.6. The second-order valence-electron chi connectivity index (χ2n) is 3.21. The van der Waals surface area contributed by atoms with E-state index in [2.05, 4.69) is 28.9 Å². The van der Waals surface area contributed by atoms with E-state index in [-0.39, 0.29) is 0 Å². The Morgan fingerprint density at radius 1 is 1.53 bits per heavy atom. The molecule has 1 nitrogen and oxygen atoms in total. The Kier molecular flexibility index (Phi) is 5.20. The third-order valence-corrected chi connectivity index (χ3v) is 2.94. The minimum Gasteiger partial charge on any atom is -0.495 e. The van der Waals surface area contributed by atoms with Gasteiger partial charge in [0.2, 0.25) is 0 Å². The topological polar surface area (TPSA) is 9.23 Å². The van der Waals surface area contributed by atoms with E-state index in [4.69, 9.17) is 16.3 Å². The SMILES string of the molecule is COc1cc(C(C)=CCCBr)ccc1Cl. The van der Waals surface area contributed by atoms with E-state index in [1.54, 1.807) is 7.11 Å². The molecule has 0 heterocycles. The summed E-state index contributed by atoms with van der Waals surface area (Å²) >= 11 is 9.35. The number of rotatable bonds is 4. The van der Waals surface area contributed by atoms with E-state index in [0.717, 1.165) is 23.1 Å². The highest BCUT2D eigenvalue weighted by molar-refractivity contribution is 9.09. The van der Waals surface area contributed by atoms with Gasteiger partial charge in [0.1, 0.15) is 5.75 Å². The molecule has 0 saturated carbocycles. The Labute approximate surface area is 104 Å². The van der Waals surface area contributed by atoms with Crippen LogP contribution in [0.1, 0.15) is 18.9 Å². The maximum absolute atomic E-state index is 5.95. The first kappa shape index (κ1) is 12.6. The van der Waals surface area contributed by atoms with E-state index in [1.165, 1.54) is 5.57 Å². The Bertz CT molecular complexity index is 361. The quantitative estimate of drug-likeness (QED) is 0.740. The van der Waals surface area contributed by atoms with Crippen molar-refractivity contribution in [1.82, 2.24) is 0 Å². The van der Waals surface area contributed by atoms with Gasteiger partial charge in [-0.25, -0.2) is 0 Å². The van der Waals surface area contributed by atoms with Crippen molar-refractivity contribution in [2.75, 3.05) is 12.4 Å². The summed E-state index contributed by atoms with van der Waals surface area (Å²) in [7, 11) is 1.63. The molecule has 0 saturated heterocycles. The molecule has 82 valence electrons. The van der Waals surface area contributed by atoms with Gasteiger partial charge in [0.05, 0.1) is 12.1 Å². The molecule has 0 N–H and O–H groups in total. The standard InChI is InChI=1S/C12H14BrClO/c1-9(4-3-7-13)10-5-6-11(14)12(8-10)15-2/h4-6,8H,3,7H2,1-2H3. The Morgan fingerprint density at radius 3 is 2.87 bits per heavy atom. The van der Waals surface area contributed by atoms with Crippen LogP contribution in [0.15, 0.2) is 24.3 Å². The number of halogens is 2. The number of allylic oxidation sites excluding steroid dienone is 2. The first-order valence-electron chi connectivity index (χ1n) is 4.75. The lowest BCUT2D eigenvalue weighted by molar-refractivity contribution is 0.415. The van der Waals surface area contributed by atoms with Crippen LogP contribution in [0.2, 0.25) is 5.02 Å². The molecule has 0 aliphatic carbocycles. The zero-order chi connectivity index (χ0) is 11.3. The van der Waals surface area contributed by atoms with Crippen LogP contribution in [-0.2, 0) is 0 Å². The van der Waals surface area contributed by atoms with Gasteiger partial charge in [-0.2, -0.15) is 0 Å². The van der Waals surface area contributed by atoms with Crippen LogP contribution in [0, 0.1) is 0 Å². The molecule has 3 heteroatoms. The molecule has 0 aromatic heterocycles. The van der Waals surface area contributed by atoms with Gasteiger partial charge in [0.25, 0.3) is 0 Å². The van der Waals surface area contributed by atoms with Crippen molar-refractivity contribution in [2.24, 2.45) is 0 Å². The van der Waals surface area contributed by atoms with Gasteiger partial charge in [0.15, 0.2) is 0 Å². The molecule has 0 fully saturated rings. The summed E-state index contributed by atoms with van der Waals surface area (Å²) in [5, 5.41) is 1.63. The first-order valence-corrected chi connectivity index (χ1v) is 6.25. The zero-order valence-corrected chi connectivity index (χ0v) is 11.2. The van der Waals surface area contributed by atoms with Crippen LogP contribution in [-0.4, -0.2) is 12.4 Å². The molecule has 0 atom stereocenters. The van der Waals surface area contributed by atoms with E-state index >= 15 is 0 Å². The van der Waals surface area contributed by atoms with Crippen molar-refractivity contribution in [3.63, 3.8) is 0 Å². The highest BCUT2D eigenvalue weighted by Crippen LogP contribution is 2.28. The van der Waals surface area contributed by atoms with Crippen molar-refractivity contribution in [3.05, 3.63) is 34.9 Å². The Balaban J connectivity index is 2.95. The summed E-state index contributed by atoms with van der Waals surface area (Å²) in [6.45, 7) is 2.09. The van der Waals surface area contributed by atoms with Gasteiger partial charge in [-0.3, -0.25) is 0 Å². The molecule has 0 amide bonds. The minimum atomic E-state index is 0.648. The van der Waals surface area contributed by atoms with Crippen LogP contribution in [0.3, 0.4) is 0 Å². The fourth-order valence-corrected chi connectivity index (χ4v) is 1.72. The van der Waals surface area contributed by atoms with Gasteiger partial charge in [-0.05, 0) is 36.6 Å². The second-order valence-corrected chi connectivity index (χ2v) is 4.41. The van der Waals surface area contributed by atoms with Gasteiger partial charge in [-0.1, -0.05) is 39.7 Å². The smallest absolute Gasteiger partial charge is 0.138 e. The molecule has 0 aliphatic heterocycles. The van der Waals surface area contributed by atoms with Crippen molar-refractivity contribution in [3.8, 4) is 5.75 Å². The minimum absolute atomic E-state index is 0.648. The first-order chi connectivity index (χ1) is 7.19. The number of alkyl halides is 1. The monoisotopic (exact) mass is 288 g/mol. The summed E-state index contributed by atoms with van der Waals surface area (Å²) in [6, 6.07) is 5.83. The molecule has 0 aliphatic rings. The van der Waals surface area contributed by atoms with Crippen molar-refractivity contribution >= 4 is 33.1 Å². The summed E-state index contributed by atoms with van der Waals surface area (Å²) < 4.78 is 5.17. The summed E-state index contributed by atoms with van der Waals surface area (Å²) in [5.74, 6) is 0.723. The van der Waals surface area contributed by atoms with Gasteiger partial charge in [0, 0.05) is 5.33 Å². The van der Waals surface area contributed by atoms with Gasteiger partial charge >= 0.3 is 0 Å². The highest BCUT2D eigenvalue weighted by Gasteiger charge is 2.02. The van der Waals surface area contributed by atoms with Crippen molar-refractivity contribution < 1.29 is 4.74 Å².